The van der Waals surface area contributed by atoms with Gasteiger partial charge in [0, 0.05) is 16.5 Å². The molecule has 3 aromatic rings. The lowest BCUT2D eigenvalue weighted by atomic mass is 10.1. The molecule has 0 saturated carbocycles. The fraction of sp³-hybridized carbons (Fsp3) is 0.286. The number of aryl methyl sites for hydroxylation is 2. The Morgan fingerprint density at radius 3 is 2.66 bits per heavy atom. The van der Waals surface area contributed by atoms with E-state index in [2.05, 4.69) is 15.5 Å². The second kappa shape index (κ2) is 9.33. The van der Waals surface area contributed by atoms with Crippen LogP contribution in [0.15, 0.2) is 47.6 Å². The molecule has 0 radical (unpaired) electrons. The highest BCUT2D eigenvalue weighted by Gasteiger charge is 2.25. The molecule has 3 N–H and O–H groups in total. The van der Waals surface area contributed by atoms with Gasteiger partial charge in [0.2, 0.25) is 11.9 Å². The van der Waals surface area contributed by atoms with E-state index in [4.69, 9.17) is 17.3 Å². The lowest BCUT2D eigenvalue weighted by Gasteiger charge is -2.19. The van der Waals surface area contributed by atoms with E-state index >= 15 is 0 Å². The van der Waals surface area contributed by atoms with Crippen molar-refractivity contribution in [3.05, 3.63) is 64.2 Å². The number of nitrogens with zero attached hydrogens (tertiary/aromatic N) is 3. The number of carbonyl (C=O) groups is 1. The van der Waals surface area contributed by atoms with E-state index in [9.17, 15) is 4.79 Å². The van der Waals surface area contributed by atoms with Crippen LogP contribution < -0.4 is 11.1 Å². The Labute approximate surface area is 179 Å². The van der Waals surface area contributed by atoms with Crippen LogP contribution in [0.4, 0.5) is 11.6 Å². The Hall–Kier alpha value is -2.51. The first-order chi connectivity index (χ1) is 13.9. The summed E-state index contributed by atoms with van der Waals surface area (Å²) in [6, 6.07) is 13.0. The summed E-state index contributed by atoms with van der Waals surface area (Å²) < 4.78 is 1.69. The van der Waals surface area contributed by atoms with Crippen molar-refractivity contribution < 1.29 is 4.79 Å². The van der Waals surface area contributed by atoms with Crippen LogP contribution in [-0.2, 0) is 10.5 Å². The average molecular weight is 430 g/mol. The third-order valence-corrected chi connectivity index (χ3v) is 6.14. The highest BCUT2D eigenvalue weighted by molar-refractivity contribution is 7.98. The van der Waals surface area contributed by atoms with Crippen molar-refractivity contribution in [3.8, 4) is 0 Å². The first-order valence-electron chi connectivity index (χ1n) is 9.35. The molecule has 0 fully saturated rings. The number of anilines is 2. The van der Waals surface area contributed by atoms with E-state index in [1.54, 1.807) is 4.57 Å². The monoisotopic (exact) mass is 429 g/mol. The van der Waals surface area contributed by atoms with Gasteiger partial charge in [0.05, 0.1) is 0 Å². The minimum Gasteiger partial charge on any atom is -0.368 e. The summed E-state index contributed by atoms with van der Waals surface area (Å²) in [5.74, 6) is 0.670. The minimum atomic E-state index is -0.514. The number of hydrogen-bond donors (Lipinski definition) is 2. The van der Waals surface area contributed by atoms with Crippen LogP contribution >= 0.6 is 23.4 Å². The van der Waals surface area contributed by atoms with Crippen molar-refractivity contribution in [3.63, 3.8) is 0 Å². The number of benzene rings is 2. The van der Waals surface area contributed by atoms with Crippen LogP contribution in [0.1, 0.15) is 36.1 Å². The Balaban J connectivity index is 1.80. The molecule has 0 aliphatic heterocycles. The average Bonchev–Trinajstić information content (AvgIpc) is 3.05. The third kappa shape index (κ3) is 4.92. The zero-order valence-corrected chi connectivity index (χ0v) is 18.2. The molecular weight excluding hydrogens is 406 g/mol. The van der Waals surface area contributed by atoms with Crippen LogP contribution in [-0.4, -0.2) is 20.7 Å². The number of rotatable bonds is 7. The molecule has 1 unspecified atom stereocenters. The van der Waals surface area contributed by atoms with Gasteiger partial charge in [-0.25, -0.2) is 0 Å². The van der Waals surface area contributed by atoms with E-state index in [0.29, 0.717) is 22.4 Å². The molecule has 1 heterocycles. The molecule has 8 heteroatoms. The van der Waals surface area contributed by atoms with Crippen LogP contribution in [0.5, 0.6) is 0 Å². The van der Waals surface area contributed by atoms with E-state index in [-0.39, 0.29) is 11.9 Å². The van der Waals surface area contributed by atoms with Crippen LogP contribution in [0.2, 0.25) is 5.02 Å². The summed E-state index contributed by atoms with van der Waals surface area (Å²) >= 11 is 7.70. The molecular formula is C21H24ClN5OS. The smallest absolute Gasteiger partial charge is 0.247 e. The van der Waals surface area contributed by atoms with Gasteiger partial charge in [-0.05, 0) is 55.2 Å². The maximum absolute atomic E-state index is 13.0. The molecule has 0 spiro atoms. The molecule has 152 valence electrons. The number of amides is 1. The SMILES string of the molecule is CCC(C(=O)Nc1ccc(C)c(C)c1)n1c(N)nnc1SCc1ccccc1Cl. The number of hydrogen-bond acceptors (Lipinski definition) is 5. The van der Waals surface area contributed by atoms with Gasteiger partial charge in [-0.1, -0.05) is 54.6 Å². The summed E-state index contributed by atoms with van der Waals surface area (Å²) in [6.07, 6.45) is 0.554. The second-order valence-electron chi connectivity index (χ2n) is 6.80. The van der Waals surface area contributed by atoms with E-state index in [1.165, 1.54) is 17.3 Å². The summed E-state index contributed by atoms with van der Waals surface area (Å²) in [5.41, 5.74) is 10.1. The predicted octanol–water partition coefficient (Wildman–Crippen LogP) is 5.01. The Morgan fingerprint density at radius 2 is 1.97 bits per heavy atom. The van der Waals surface area contributed by atoms with Gasteiger partial charge < -0.3 is 11.1 Å². The highest BCUT2D eigenvalue weighted by Crippen LogP contribution is 2.30. The maximum atomic E-state index is 13.0. The number of halogens is 1. The normalized spacial score (nSPS) is 12.0. The fourth-order valence-corrected chi connectivity index (χ4v) is 4.24. The molecule has 3 rings (SSSR count). The molecule has 0 aliphatic rings. The largest absolute Gasteiger partial charge is 0.368 e. The van der Waals surface area contributed by atoms with Gasteiger partial charge >= 0.3 is 0 Å². The Bertz CT molecular complexity index is 1020. The topological polar surface area (TPSA) is 85.8 Å². The number of nitrogens with two attached hydrogens (primary N) is 1. The van der Waals surface area contributed by atoms with Crippen molar-refractivity contribution in [2.24, 2.45) is 0 Å². The molecule has 6 nitrogen and oxygen atoms in total. The van der Waals surface area contributed by atoms with Crippen molar-refractivity contribution in [2.45, 2.75) is 44.1 Å². The first kappa shape index (κ1) is 21.2. The lowest BCUT2D eigenvalue weighted by Crippen LogP contribution is -2.27. The minimum absolute atomic E-state index is 0.151. The number of nitrogens with one attached hydrogen (secondary N) is 1. The van der Waals surface area contributed by atoms with E-state index in [0.717, 1.165) is 16.8 Å². The van der Waals surface area contributed by atoms with Gasteiger partial charge in [0.1, 0.15) is 6.04 Å². The highest BCUT2D eigenvalue weighted by atomic mass is 35.5. The molecule has 29 heavy (non-hydrogen) atoms. The van der Waals surface area contributed by atoms with E-state index < -0.39 is 6.04 Å². The Morgan fingerprint density at radius 1 is 1.21 bits per heavy atom. The molecule has 0 bridgehead atoms. The molecule has 0 aliphatic carbocycles. The van der Waals surface area contributed by atoms with Crippen molar-refractivity contribution in [1.29, 1.82) is 0 Å². The van der Waals surface area contributed by atoms with Crippen molar-refractivity contribution in [2.75, 3.05) is 11.1 Å². The summed E-state index contributed by atoms with van der Waals surface area (Å²) in [7, 11) is 0. The summed E-state index contributed by atoms with van der Waals surface area (Å²) in [5, 5.41) is 12.4. The molecule has 1 atom stereocenters. The number of aromatic nitrogens is 3. The standard InChI is InChI=1S/C21H24ClN5OS/c1-4-18(19(28)24-16-10-9-13(2)14(3)11-16)27-20(23)25-26-21(27)29-12-15-7-5-6-8-17(15)22/h5-11,18H,4,12H2,1-3H3,(H2,23,25)(H,24,28). The van der Waals surface area contributed by atoms with Gasteiger partial charge in [0.25, 0.3) is 0 Å². The quantitative estimate of drug-likeness (QED) is 0.515. The second-order valence-corrected chi connectivity index (χ2v) is 8.15. The lowest BCUT2D eigenvalue weighted by molar-refractivity contribution is -0.119. The zero-order chi connectivity index (χ0) is 21.0. The summed E-state index contributed by atoms with van der Waals surface area (Å²) in [4.78, 5) is 13.0. The number of thioether (sulfide) groups is 1. The number of carbonyl (C=O) groups excluding carboxylic acids is 1. The zero-order valence-electron chi connectivity index (χ0n) is 16.6. The summed E-state index contributed by atoms with van der Waals surface area (Å²) in [6.45, 7) is 5.99. The van der Waals surface area contributed by atoms with E-state index in [1.807, 2.05) is 63.2 Å². The van der Waals surface area contributed by atoms with Crippen molar-refractivity contribution >= 4 is 40.9 Å². The first-order valence-corrected chi connectivity index (χ1v) is 10.7. The van der Waals surface area contributed by atoms with Gasteiger partial charge in [-0.2, -0.15) is 0 Å². The molecule has 0 saturated heterocycles. The predicted molar refractivity (Wildman–Crippen MR) is 119 cm³/mol. The van der Waals surface area contributed by atoms with Gasteiger partial charge in [0.15, 0.2) is 5.16 Å². The molecule has 1 amide bonds. The van der Waals surface area contributed by atoms with Gasteiger partial charge in [-0.3, -0.25) is 9.36 Å². The van der Waals surface area contributed by atoms with Crippen LogP contribution in [0.25, 0.3) is 0 Å². The Kier molecular flexibility index (Phi) is 6.82. The van der Waals surface area contributed by atoms with Crippen LogP contribution in [0.3, 0.4) is 0 Å². The number of nitrogen functional groups attached to an aromatic ring is 1. The molecule has 2 aromatic carbocycles. The van der Waals surface area contributed by atoms with Crippen molar-refractivity contribution in [1.82, 2.24) is 14.8 Å². The maximum Gasteiger partial charge on any atom is 0.247 e. The van der Waals surface area contributed by atoms with Crippen LogP contribution in [0, 0.1) is 13.8 Å². The molecule has 1 aromatic heterocycles. The fourth-order valence-electron chi connectivity index (χ4n) is 2.97. The van der Waals surface area contributed by atoms with Gasteiger partial charge in [-0.15, -0.1) is 10.2 Å². The third-order valence-electron chi connectivity index (χ3n) is 4.78.